The van der Waals surface area contributed by atoms with E-state index in [0.29, 0.717) is 0 Å². The molecule has 0 heterocycles. The Kier molecular flexibility index (Phi) is 5.37. The van der Waals surface area contributed by atoms with Gasteiger partial charge in [-0.3, -0.25) is 0 Å². The summed E-state index contributed by atoms with van der Waals surface area (Å²) in [6.07, 6.45) is 0.944. The molecule has 0 aliphatic heterocycles. The Morgan fingerprint density at radius 2 is 1.05 bits per heavy atom. The lowest BCUT2D eigenvalue weighted by molar-refractivity contribution is 0.366. The molecule has 0 radical (unpaired) electrons. The van der Waals surface area contributed by atoms with Gasteiger partial charge in [0.2, 0.25) is 0 Å². The van der Waals surface area contributed by atoms with E-state index in [0.717, 1.165) is 13.0 Å². The second-order valence-corrected chi connectivity index (χ2v) is 6.91. The van der Waals surface area contributed by atoms with E-state index >= 15 is 0 Å². The highest BCUT2D eigenvalue weighted by molar-refractivity contribution is 7.68. The van der Waals surface area contributed by atoms with Crippen LogP contribution in [0.4, 0.5) is 0 Å². The van der Waals surface area contributed by atoms with E-state index in [4.69, 9.17) is 4.52 Å². The molecule has 3 aromatic carbocycles. The van der Waals surface area contributed by atoms with Gasteiger partial charge in [-0.25, -0.2) is 0 Å². The van der Waals surface area contributed by atoms with E-state index in [2.05, 4.69) is 72.8 Å². The molecule has 0 aliphatic rings. The maximum atomic E-state index is 6.28. The van der Waals surface area contributed by atoms with Crippen LogP contribution in [0.2, 0.25) is 0 Å². The Hall–Kier alpha value is -1.95. The summed E-state index contributed by atoms with van der Waals surface area (Å²) < 4.78 is 6.28. The van der Waals surface area contributed by atoms with Crippen LogP contribution in [-0.4, -0.2) is 6.61 Å². The van der Waals surface area contributed by atoms with Crippen molar-refractivity contribution in [1.82, 2.24) is 0 Å². The molecule has 110 valence electrons. The standard InChI is InChI=1S/C20H19OP/c1-4-10-18(11-5-1)16-17-21-22(19-12-6-2-7-13-19)20-14-8-3-9-15-20/h1-15H,16-17H2. The average Bonchev–Trinajstić information content (AvgIpc) is 2.61. The molecule has 2 heteroatoms. The second kappa shape index (κ2) is 7.89. The highest BCUT2D eigenvalue weighted by Gasteiger charge is 2.14. The van der Waals surface area contributed by atoms with Crippen LogP contribution in [0.1, 0.15) is 5.56 Å². The van der Waals surface area contributed by atoms with Crippen molar-refractivity contribution >= 4 is 18.8 Å². The average molecular weight is 306 g/mol. The van der Waals surface area contributed by atoms with Crippen LogP contribution in [0.15, 0.2) is 91.0 Å². The topological polar surface area (TPSA) is 9.23 Å². The first kappa shape index (κ1) is 15.0. The van der Waals surface area contributed by atoms with E-state index in [9.17, 15) is 0 Å². The molecule has 22 heavy (non-hydrogen) atoms. The number of benzene rings is 3. The van der Waals surface area contributed by atoms with Crippen LogP contribution in [0.25, 0.3) is 0 Å². The predicted octanol–water partition coefficient (Wildman–Crippen LogP) is 4.29. The van der Waals surface area contributed by atoms with Crippen LogP contribution >= 0.6 is 8.15 Å². The third-order valence-electron chi connectivity index (χ3n) is 3.44. The summed E-state index contributed by atoms with van der Waals surface area (Å²) in [6, 6.07) is 31.5. The molecule has 3 aromatic rings. The second-order valence-electron chi connectivity index (χ2n) is 5.03. The van der Waals surface area contributed by atoms with E-state index in [-0.39, 0.29) is 0 Å². The predicted molar refractivity (Wildman–Crippen MR) is 95.2 cm³/mol. The summed E-state index contributed by atoms with van der Waals surface area (Å²) in [5.41, 5.74) is 1.32. The molecule has 1 nitrogen and oxygen atoms in total. The number of rotatable bonds is 6. The largest absolute Gasteiger partial charge is 0.349 e. The first-order valence-electron chi connectivity index (χ1n) is 7.50. The van der Waals surface area contributed by atoms with Crippen LogP contribution in [-0.2, 0) is 10.9 Å². The van der Waals surface area contributed by atoms with Crippen molar-refractivity contribution in [2.24, 2.45) is 0 Å². The van der Waals surface area contributed by atoms with Crippen LogP contribution in [0.3, 0.4) is 0 Å². The molecular weight excluding hydrogens is 287 g/mol. The maximum Gasteiger partial charge on any atom is 0.0917 e. The molecule has 0 unspecified atom stereocenters. The van der Waals surface area contributed by atoms with Gasteiger partial charge in [-0.05, 0) is 12.0 Å². The van der Waals surface area contributed by atoms with Gasteiger partial charge >= 0.3 is 0 Å². The van der Waals surface area contributed by atoms with Gasteiger partial charge in [-0.1, -0.05) is 91.0 Å². The first-order chi connectivity index (χ1) is 10.9. The zero-order valence-electron chi connectivity index (χ0n) is 12.4. The Bertz CT molecular complexity index is 628. The van der Waals surface area contributed by atoms with Crippen molar-refractivity contribution in [2.75, 3.05) is 6.61 Å². The van der Waals surface area contributed by atoms with Gasteiger partial charge in [-0.15, -0.1) is 0 Å². The fourth-order valence-corrected chi connectivity index (χ4v) is 4.08. The molecule has 0 fully saturated rings. The summed E-state index contributed by atoms with van der Waals surface area (Å²) in [4.78, 5) is 0. The normalized spacial score (nSPS) is 10.8. The fraction of sp³-hybridized carbons (Fsp3) is 0.100. The molecule has 0 atom stereocenters. The number of hydrogen-bond acceptors (Lipinski definition) is 1. The quantitative estimate of drug-likeness (QED) is 0.617. The van der Waals surface area contributed by atoms with Crippen molar-refractivity contribution in [3.63, 3.8) is 0 Å². The van der Waals surface area contributed by atoms with Crippen molar-refractivity contribution in [3.8, 4) is 0 Å². The first-order valence-corrected chi connectivity index (χ1v) is 8.76. The summed E-state index contributed by atoms with van der Waals surface area (Å²) in [5, 5.41) is 2.52. The van der Waals surface area contributed by atoms with Gasteiger partial charge in [0, 0.05) is 10.6 Å². The molecule has 0 aromatic heterocycles. The summed E-state index contributed by atoms with van der Waals surface area (Å²) >= 11 is 0. The Labute approximate surface area is 133 Å². The third kappa shape index (κ3) is 4.04. The van der Waals surface area contributed by atoms with Crippen molar-refractivity contribution < 1.29 is 4.52 Å². The van der Waals surface area contributed by atoms with Crippen LogP contribution < -0.4 is 10.6 Å². The lowest BCUT2D eigenvalue weighted by Gasteiger charge is -2.18. The summed E-state index contributed by atoms with van der Waals surface area (Å²) in [6.45, 7) is 0.736. The Balaban J connectivity index is 1.72. The van der Waals surface area contributed by atoms with Gasteiger partial charge in [-0.2, -0.15) is 0 Å². The molecule has 3 rings (SSSR count). The maximum absolute atomic E-state index is 6.28. The molecule has 0 spiro atoms. The molecule has 0 aliphatic carbocycles. The lowest BCUT2D eigenvalue weighted by Crippen LogP contribution is -2.14. The molecule has 0 saturated carbocycles. The molecule has 0 bridgehead atoms. The van der Waals surface area contributed by atoms with Gasteiger partial charge in [0.1, 0.15) is 0 Å². The molecular formula is C20H19OP. The third-order valence-corrected chi connectivity index (χ3v) is 5.41. The lowest BCUT2D eigenvalue weighted by atomic mass is 10.2. The van der Waals surface area contributed by atoms with E-state index in [1.807, 2.05) is 18.2 Å². The highest BCUT2D eigenvalue weighted by atomic mass is 31.1. The van der Waals surface area contributed by atoms with Crippen molar-refractivity contribution in [1.29, 1.82) is 0 Å². The van der Waals surface area contributed by atoms with Crippen LogP contribution in [0.5, 0.6) is 0 Å². The smallest absolute Gasteiger partial charge is 0.0917 e. The Morgan fingerprint density at radius 3 is 1.55 bits per heavy atom. The van der Waals surface area contributed by atoms with Gasteiger partial charge in [0.05, 0.1) is 14.8 Å². The Morgan fingerprint density at radius 1 is 0.591 bits per heavy atom. The molecule has 0 amide bonds. The van der Waals surface area contributed by atoms with Gasteiger partial charge < -0.3 is 4.52 Å². The van der Waals surface area contributed by atoms with Crippen molar-refractivity contribution in [2.45, 2.75) is 6.42 Å². The molecule has 0 N–H and O–H groups in total. The van der Waals surface area contributed by atoms with E-state index < -0.39 is 8.15 Å². The minimum Gasteiger partial charge on any atom is -0.349 e. The fourth-order valence-electron chi connectivity index (χ4n) is 2.32. The van der Waals surface area contributed by atoms with Gasteiger partial charge in [0.25, 0.3) is 0 Å². The monoisotopic (exact) mass is 306 g/mol. The zero-order chi connectivity index (χ0) is 15.0. The van der Waals surface area contributed by atoms with Crippen LogP contribution in [0, 0.1) is 0 Å². The number of hydrogen-bond donors (Lipinski definition) is 0. The van der Waals surface area contributed by atoms with Crippen molar-refractivity contribution in [3.05, 3.63) is 96.6 Å². The highest BCUT2D eigenvalue weighted by Crippen LogP contribution is 2.34. The summed E-state index contributed by atoms with van der Waals surface area (Å²) in [5.74, 6) is 0. The van der Waals surface area contributed by atoms with E-state index in [1.165, 1.54) is 16.2 Å². The van der Waals surface area contributed by atoms with Gasteiger partial charge in [0.15, 0.2) is 0 Å². The van der Waals surface area contributed by atoms with E-state index in [1.54, 1.807) is 0 Å². The minimum absolute atomic E-state index is 0.736. The SMILES string of the molecule is c1ccc(CCOP(c2ccccc2)c2ccccc2)cc1. The molecule has 0 saturated heterocycles. The summed E-state index contributed by atoms with van der Waals surface area (Å²) in [7, 11) is -0.747. The minimum atomic E-state index is -0.747. The zero-order valence-corrected chi connectivity index (χ0v) is 13.3.